The molecule has 1 aliphatic rings. The standard InChI is InChI=1S/C15H30N2O2.ClH/c1-6-10(4)13(16)14(18)17-11-9-12(19-5)15(11,7-2)8-3;/h10-13H,6-9,16H2,1-5H3,(H,17,18);1H. The number of nitrogens with one attached hydrogen (secondary N) is 1. The fourth-order valence-electron chi connectivity index (χ4n) is 3.26. The number of nitrogens with two attached hydrogens (primary N) is 1. The Bertz CT molecular complexity index is 308. The minimum absolute atomic E-state index is 0. The molecule has 0 radical (unpaired) electrons. The van der Waals surface area contributed by atoms with Gasteiger partial charge in [0.15, 0.2) is 0 Å². The monoisotopic (exact) mass is 306 g/mol. The summed E-state index contributed by atoms with van der Waals surface area (Å²) in [5, 5.41) is 3.14. The summed E-state index contributed by atoms with van der Waals surface area (Å²) in [6, 6.07) is -0.201. The highest BCUT2D eigenvalue weighted by Gasteiger charge is 2.53. The second kappa shape index (κ2) is 8.20. The van der Waals surface area contributed by atoms with Crippen molar-refractivity contribution in [1.29, 1.82) is 0 Å². The highest BCUT2D eigenvalue weighted by atomic mass is 35.5. The molecule has 0 spiro atoms. The lowest BCUT2D eigenvalue weighted by atomic mass is 9.58. The molecular formula is C15H31ClN2O2. The molecule has 4 atom stereocenters. The van der Waals surface area contributed by atoms with Gasteiger partial charge in [-0.3, -0.25) is 4.79 Å². The average Bonchev–Trinajstić information content (AvgIpc) is 2.42. The number of methoxy groups -OCH3 is 1. The van der Waals surface area contributed by atoms with Crippen molar-refractivity contribution in [3.05, 3.63) is 0 Å². The molecule has 3 N–H and O–H groups in total. The van der Waals surface area contributed by atoms with E-state index in [0.717, 1.165) is 25.7 Å². The van der Waals surface area contributed by atoms with Crippen molar-refractivity contribution in [3.63, 3.8) is 0 Å². The Hall–Kier alpha value is -0.320. The van der Waals surface area contributed by atoms with E-state index >= 15 is 0 Å². The molecule has 0 bridgehead atoms. The van der Waals surface area contributed by atoms with Gasteiger partial charge in [0.25, 0.3) is 0 Å². The first-order valence-corrected chi connectivity index (χ1v) is 7.55. The van der Waals surface area contributed by atoms with Crippen molar-refractivity contribution < 1.29 is 9.53 Å². The van der Waals surface area contributed by atoms with Crippen LogP contribution >= 0.6 is 12.4 Å². The van der Waals surface area contributed by atoms with Crippen LogP contribution in [0.25, 0.3) is 0 Å². The molecule has 4 unspecified atom stereocenters. The topological polar surface area (TPSA) is 64.4 Å². The van der Waals surface area contributed by atoms with Crippen molar-refractivity contribution in [1.82, 2.24) is 5.32 Å². The minimum atomic E-state index is -0.405. The van der Waals surface area contributed by atoms with Crippen LogP contribution in [0.2, 0.25) is 0 Å². The Morgan fingerprint density at radius 3 is 2.35 bits per heavy atom. The van der Waals surface area contributed by atoms with Gasteiger partial charge < -0.3 is 15.8 Å². The van der Waals surface area contributed by atoms with Crippen LogP contribution in [-0.2, 0) is 9.53 Å². The highest BCUT2D eigenvalue weighted by Crippen LogP contribution is 2.48. The minimum Gasteiger partial charge on any atom is -0.381 e. The summed E-state index contributed by atoms with van der Waals surface area (Å²) in [7, 11) is 1.76. The lowest BCUT2D eigenvalue weighted by molar-refractivity contribution is -0.142. The van der Waals surface area contributed by atoms with E-state index < -0.39 is 6.04 Å². The fourth-order valence-corrected chi connectivity index (χ4v) is 3.26. The summed E-state index contributed by atoms with van der Waals surface area (Å²) < 4.78 is 5.54. The number of hydrogen-bond acceptors (Lipinski definition) is 3. The molecule has 0 saturated heterocycles. The molecule has 4 nitrogen and oxygen atoms in total. The predicted molar refractivity (Wildman–Crippen MR) is 85.0 cm³/mol. The summed E-state index contributed by atoms with van der Waals surface area (Å²) in [6.07, 6.45) is 4.12. The summed E-state index contributed by atoms with van der Waals surface area (Å²) >= 11 is 0. The normalized spacial score (nSPS) is 26.9. The van der Waals surface area contributed by atoms with E-state index in [0.29, 0.717) is 0 Å². The first kappa shape index (κ1) is 19.7. The number of rotatable bonds is 7. The summed E-state index contributed by atoms with van der Waals surface area (Å²) in [6.45, 7) is 8.42. The fraction of sp³-hybridized carbons (Fsp3) is 0.933. The Morgan fingerprint density at radius 2 is 1.95 bits per heavy atom. The summed E-state index contributed by atoms with van der Waals surface area (Å²) in [5.74, 6) is 0.205. The number of ether oxygens (including phenoxy) is 1. The molecule has 20 heavy (non-hydrogen) atoms. The molecule has 0 aromatic heterocycles. The second-order valence-electron chi connectivity index (χ2n) is 5.87. The molecule has 1 saturated carbocycles. The van der Waals surface area contributed by atoms with Crippen LogP contribution in [0.1, 0.15) is 53.4 Å². The van der Waals surface area contributed by atoms with E-state index in [1.54, 1.807) is 7.11 Å². The molecule has 1 amide bonds. The summed E-state index contributed by atoms with van der Waals surface area (Å²) in [5.41, 5.74) is 6.08. The first-order chi connectivity index (χ1) is 8.96. The Kier molecular flexibility index (Phi) is 8.07. The maximum absolute atomic E-state index is 12.2. The third-order valence-electron chi connectivity index (χ3n) is 5.26. The van der Waals surface area contributed by atoms with Crippen LogP contribution < -0.4 is 11.1 Å². The molecule has 1 fully saturated rings. The van der Waals surface area contributed by atoms with Crippen molar-refractivity contribution in [3.8, 4) is 0 Å². The van der Waals surface area contributed by atoms with Crippen molar-refractivity contribution >= 4 is 18.3 Å². The van der Waals surface area contributed by atoms with Gasteiger partial charge in [-0.1, -0.05) is 34.1 Å². The third-order valence-corrected chi connectivity index (χ3v) is 5.26. The van der Waals surface area contributed by atoms with Gasteiger partial charge in [0, 0.05) is 18.6 Å². The first-order valence-electron chi connectivity index (χ1n) is 7.55. The van der Waals surface area contributed by atoms with Gasteiger partial charge in [-0.05, 0) is 25.2 Å². The lowest BCUT2D eigenvalue weighted by Gasteiger charge is -2.55. The molecule has 5 heteroatoms. The quantitative estimate of drug-likeness (QED) is 0.759. The zero-order valence-electron chi connectivity index (χ0n) is 13.4. The Balaban J connectivity index is 0.00000361. The Labute approximate surface area is 129 Å². The molecule has 0 aromatic carbocycles. The molecule has 1 aliphatic carbocycles. The van der Waals surface area contributed by atoms with Crippen LogP contribution in [0.15, 0.2) is 0 Å². The van der Waals surface area contributed by atoms with E-state index in [4.69, 9.17) is 10.5 Å². The zero-order valence-corrected chi connectivity index (χ0v) is 14.3. The molecule has 1 rings (SSSR count). The maximum atomic E-state index is 12.2. The van der Waals surface area contributed by atoms with E-state index in [1.807, 2.05) is 6.92 Å². The lowest BCUT2D eigenvalue weighted by Crippen LogP contribution is -2.65. The van der Waals surface area contributed by atoms with Crippen molar-refractivity contribution in [2.45, 2.75) is 71.6 Å². The SMILES string of the molecule is CCC(C)C(N)C(=O)NC1CC(OC)C1(CC)CC.Cl. The zero-order chi connectivity index (χ0) is 14.6. The van der Waals surface area contributed by atoms with Crippen LogP contribution in [-0.4, -0.2) is 31.2 Å². The van der Waals surface area contributed by atoms with Gasteiger partial charge in [0.1, 0.15) is 0 Å². The van der Waals surface area contributed by atoms with Crippen LogP contribution in [0, 0.1) is 11.3 Å². The number of hydrogen-bond donors (Lipinski definition) is 2. The van der Waals surface area contributed by atoms with Gasteiger partial charge in [0.2, 0.25) is 5.91 Å². The van der Waals surface area contributed by atoms with Gasteiger partial charge in [-0.2, -0.15) is 0 Å². The second-order valence-corrected chi connectivity index (χ2v) is 5.87. The van der Waals surface area contributed by atoms with E-state index in [2.05, 4.69) is 26.1 Å². The van der Waals surface area contributed by atoms with Crippen molar-refractivity contribution in [2.24, 2.45) is 17.1 Å². The van der Waals surface area contributed by atoms with Gasteiger partial charge in [-0.25, -0.2) is 0 Å². The van der Waals surface area contributed by atoms with E-state index in [9.17, 15) is 4.79 Å². The van der Waals surface area contributed by atoms with Crippen molar-refractivity contribution in [2.75, 3.05) is 7.11 Å². The van der Waals surface area contributed by atoms with Gasteiger partial charge >= 0.3 is 0 Å². The average molecular weight is 307 g/mol. The Morgan fingerprint density at radius 1 is 1.40 bits per heavy atom. The molecular weight excluding hydrogens is 276 g/mol. The van der Waals surface area contributed by atoms with E-state index in [-0.39, 0.29) is 41.8 Å². The third kappa shape index (κ3) is 3.46. The highest BCUT2D eigenvalue weighted by molar-refractivity contribution is 5.85. The number of amides is 1. The van der Waals surface area contributed by atoms with Crippen LogP contribution in [0.3, 0.4) is 0 Å². The molecule has 120 valence electrons. The predicted octanol–water partition coefficient (Wildman–Crippen LogP) is 2.49. The maximum Gasteiger partial charge on any atom is 0.237 e. The summed E-state index contributed by atoms with van der Waals surface area (Å²) in [4.78, 5) is 12.2. The van der Waals surface area contributed by atoms with Gasteiger partial charge in [0.05, 0.1) is 12.1 Å². The van der Waals surface area contributed by atoms with E-state index in [1.165, 1.54) is 0 Å². The molecule has 0 aliphatic heterocycles. The van der Waals surface area contributed by atoms with Crippen LogP contribution in [0.4, 0.5) is 0 Å². The van der Waals surface area contributed by atoms with Crippen LogP contribution in [0.5, 0.6) is 0 Å². The van der Waals surface area contributed by atoms with Gasteiger partial charge in [-0.15, -0.1) is 12.4 Å². The smallest absolute Gasteiger partial charge is 0.237 e. The number of halogens is 1. The number of carbonyl (C=O) groups is 1. The largest absolute Gasteiger partial charge is 0.381 e. The molecule has 0 heterocycles. The number of carbonyl (C=O) groups excluding carboxylic acids is 1. The molecule has 0 aromatic rings.